The Labute approximate surface area is 72.1 Å². The van der Waals surface area contributed by atoms with Gasteiger partial charge in [0.25, 0.3) is 0 Å². The molecule has 0 radical (unpaired) electrons. The van der Waals surface area contributed by atoms with E-state index in [0.717, 1.165) is 0 Å². The molecular formula is C6H7F3N2O2. The van der Waals surface area contributed by atoms with E-state index in [2.05, 4.69) is 4.74 Å². The normalized spacial score (nSPS) is 13.2. The predicted octanol–water partition coefficient (Wildman–Crippen LogP) is 0.333. The number of hydrogen-bond acceptors (Lipinski definition) is 4. The summed E-state index contributed by atoms with van der Waals surface area (Å²) in [6, 6.07) is 0.754. The molecule has 0 saturated carbocycles. The summed E-state index contributed by atoms with van der Waals surface area (Å²) in [5, 5.41) is 8.07. The number of nitrogens with zero attached hydrogens (tertiary/aromatic N) is 1. The molecule has 7 heteroatoms. The molecule has 1 atom stereocenters. The van der Waals surface area contributed by atoms with E-state index in [0.29, 0.717) is 0 Å². The van der Waals surface area contributed by atoms with Crippen LogP contribution in [0.1, 0.15) is 6.42 Å². The summed E-state index contributed by atoms with van der Waals surface area (Å²) in [4.78, 5) is 10.1. The third-order valence-electron chi connectivity index (χ3n) is 1.01. The van der Waals surface area contributed by atoms with E-state index in [1.165, 1.54) is 0 Å². The summed E-state index contributed by atoms with van der Waals surface area (Å²) < 4.78 is 38.3. The minimum absolute atomic E-state index is 0.162. The highest BCUT2D eigenvalue weighted by molar-refractivity contribution is 5.75. The summed E-state index contributed by atoms with van der Waals surface area (Å²) in [6.45, 7) is -0.605. The molecule has 0 aliphatic rings. The highest BCUT2D eigenvalue weighted by Gasteiger charge is 2.41. The Hall–Kier alpha value is -1.29. The van der Waals surface area contributed by atoms with Crippen molar-refractivity contribution < 1.29 is 22.7 Å². The van der Waals surface area contributed by atoms with Crippen molar-refractivity contribution in [3.63, 3.8) is 0 Å². The second-order valence-electron chi connectivity index (χ2n) is 2.22. The van der Waals surface area contributed by atoms with E-state index in [1.807, 2.05) is 0 Å². The van der Waals surface area contributed by atoms with E-state index in [4.69, 9.17) is 11.0 Å². The van der Waals surface area contributed by atoms with E-state index in [9.17, 15) is 18.0 Å². The number of alkyl halides is 3. The number of carbonyl (C=O) groups excluding carboxylic acids is 1. The van der Waals surface area contributed by atoms with Crippen LogP contribution in [0.2, 0.25) is 0 Å². The fourth-order valence-corrected chi connectivity index (χ4v) is 0.441. The van der Waals surface area contributed by atoms with Crippen LogP contribution in [0.25, 0.3) is 0 Å². The second-order valence-corrected chi connectivity index (χ2v) is 2.22. The average molecular weight is 196 g/mol. The Morgan fingerprint density at radius 3 is 2.54 bits per heavy atom. The van der Waals surface area contributed by atoms with Crippen molar-refractivity contribution in [1.82, 2.24) is 0 Å². The Morgan fingerprint density at radius 1 is 1.62 bits per heavy atom. The molecule has 2 N–H and O–H groups in total. The highest BCUT2D eigenvalue weighted by Crippen LogP contribution is 2.16. The summed E-state index contributed by atoms with van der Waals surface area (Å²) >= 11 is 0. The maximum atomic E-state index is 11.5. The lowest BCUT2D eigenvalue weighted by Gasteiger charge is -2.09. The number of halogens is 3. The van der Waals surface area contributed by atoms with Gasteiger partial charge in [-0.2, -0.15) is 18.4 Å². The lowest BCUT2D eigenvalue weighted by Crippen LogP contribution is -2.32. The van der Waals surface area contributed by atoms with Crippen molar-refractivity contribution in [1.29, 1.82) is 5.26 Å². The molecule has 0 spiro atoms. The second kappa shape index (κ2) is 4.67. The van der Waals surface area contributed by atoms with E-state index in [1.54, 1.807) is 6.07 Å². The van der Waals surface area contributed by atoms with Crippen molar-refractivity contribution in [2.75, 3.05) is 6.61 Å². The van der Waals surface area contributed by atoms with Crippen LogP contribution in [0.15, 0.2) is 0 Å². The molecule has 0 aromatic carbocycles. The Kier molecular flexibility index (Phi) is 4.20. The van der Waals surface area contributed by atoms with Gasteiger partial charge in [-0.1, -0.05) is 0 Å². The molecule has 0 aromatic rings. The molecule has 0 heterocycles. The van der Waals surface area contributed by atoms with Gasteiger partial charge >= 0.3 is 12.1 Å². The Balaban J connectivity index is 3.79. The van der Waals surface area contributed by atoms with Gasteiger partial charge in [-0.15, -0.1) is 0 Å². The van der Waals surface area contributed by atoms with Crippen molar-refractivity contribution in [3.05, 3.63) is 0 Å². The summed E-state index contributed by atoms with van der Waals surface area (Å²) in [5.74, 6) is -2.29. The topological polar surface area (TPSA) is 76.1 Å². The smallest absolute Gasteiger partial charge is 0.457 e. The fourth-order valence-electron chi connectivity index (χ4n) is 0.441. The largest absolute Gasteiger partial charge is 0.490 e. The van der Waals surface area contributed by atoms with Crippen molar-refractivity contribution in [2.24, 2.45) is 5.73 Å². The zero-order valence-electron chi connectivity index (χ0n) is 6.47. The van der Waals surface area contributed by atoms with Gasteiger partial charge in [0.05, 0.1) is 18.5 Å². The van der Waals surface area contributed by atoms with Crippen molar-refractivity contribution >= 4 is 5.97 Å². The molecule has 0 aliphatic carbocycles. The van der Waals surface area contributed by atoms with Gasteiger partial charge < -0.3 is 10.5 Å². The van der Waals surface area contributed by atoms with Gasteiger partial charge in [0.15, 0.2) is 0 Å². The summed E-state index contributed by atoms with van der Waals surface area (Å²) in [6.07, 6.45) is -5.17. The number of rotatable bonds is 3. The molecular weight excluding hydrogens is 189 g/mol. The number of ether oxygens (including phenoxy) is 1. The number of hydrogen-bond donors (Lipinski definition) is 1. The molecule has 74 valence electrons. The maximum Gasteiger partial charge on any atom is 0.490 e. The first-order valence-corrected chi connectivity index (χ1v) is 3.24. The van der Waals surface area contributed by atoms with Crippen LogP contribution in [-0.2, 0) is 9.53 Å². The monoisotopic (exact) mass is 196 g/mol. The van der Waals surface area contributed by atoms with E-state index in [-0.39, 0.29) is 6.42 Å². The lowest BCUT2D eigenvalue weighted by atomic mass is 10.2. The molecule has 0 aromatic heterocycles. The van der Waals surface area contributed by atoms with Crippen LogP contribution in [0.5, 0.6) is 0 Å². The molecule has 13 heavy (non-hydrogen) atoms. The Bertz CT molecular complexity index is 221. The van der Waals surface area contributed by atoms with Gasteiger partial charge in [-0.3, -0.25) is 0 Å². The first kappa shape index (κ1) is 11.7. The zero-order chi connectivity index (χ0) is 10.5. The predicted molar refractivity (Wildman–Crippen MR) is 35.2 cm³/mol. The molecule has 1 unspecified atom stereocenters. The number of carbonyl (C=O) groups is 1. The van der Waals surface area contributed by atoms with Gasteiger partial charge in [-0.05, 0) is 0 Å². The minimum Gasteiger partial charge on any atom is -0.457 e. The van der Waals surface area contributed by atoms with Gasteiger partial charge in [0.2, 0.25) is 0 Å². The van der Waals surface area contributed by atoms with Gasteiger partial charge in [0.1, 0.15) is 6.61 Å². The molecule has 0 rings (SSSR count). The summed E-state index contributed by atoms with van der Waals surface area (Å²) in [5.41, 5.74) is 5.11. The zero-order valence-corrected chi connectivity index (χ0v) is 6.47. The molecule has 0 aliphatic heterocycles. The van der Waals surface area contributed by atoms with Crippen LogP contribution in [0.3, 0.4) is 0 Å². The molecule has 4 nitrogen and oxygen atoms in total. The number of nitriles is 1. The maximum absolute atomic E-state index is 11.5. The third-order valence-corrected chi connectivity index (χ3v) is 1.01. The van der Waals surface area contributed by atoms with Crippen molar-refractivity contribution in [3.8, 4) is 6.07 Å². The van der Waals surface area contributed by atoms with Crippen LogP contribution < -0.4 is 5.73 Å². The Morgan fingerprint density at radius 2 is 2.15 bits per heavy atom. The quantitative estimate of drug-likeness (QED) is 0.660. The molecule has 0 fully saturated rings. The molecule has 0 amide bonds. The molecule has 0 saturated heterocycles. The first-order chi connectivity index (χ1) is 5.88. The van der Waals surface area contributed by atoms with Crippen LogP contribution >= 0.6 is 0 Å². The fraction of sp³-hybridized carbons (Fsp3) is 0.667. The van der Waals surface area contributed by atoms with Crippen LogP contribution in [-0.4, -0.2) is 24.8 Å². The van der Waals surface area contributed by atoms with E-state index >= 15 is 0 Å². The number of nitrogens with two attached hydrogens (primary N) is 1. The SMILES string of the molecule is N#CCC(N)COC(=O)C(F)(F)F. The summed E-state index contributed by atoms with van der Waals surface area (Å²) in [7, 11) is 0. The third kappa shape index (κ3) is 5.03. The van der Waals surface area contributed by atoms with Gasteiger partial charge in [0, 0.05) is 0 Å². The number of esters is 1. The standard InChI is InChI=1S/C6H7F3N2O2/c7-6(8,9)5(12)13-3-4(11)1-2-10/h4H,1,3,11H2. The van der Waals surface area contributed by atoms with Gasteiger partial charge in [-0.25, -0.2) is 4.79 Å². The van der Waals surface area contributed by atoms with Crippen LogP contribution in [0.4, 0.5) is 13.2 Å². The minimum atomic E-state index is -5.01. The van der Waals surface area contributed by atoms with E-state index < -0.39 is 24.8 Å². The highest BCUT2D eigenvalue weighted by atomic mass is 19.4. The lowest BCUT2D eigenvalue weighted by molar-refractivity contribution is -0.200. The average Bonchev–Trinajstić information content (AvgIpc) is 1.99. The van der Waals surface area contributed by atoms with Crippen molar-refractivity contribution in [2.45, 2.75) is 18.6 Å². The molecule has 0 bridgehead atoms. The van der Waals surface area contributed by atoms with Crippen LogP contribution in [0, 0.1) is 11.3 Å². The first-order valence-electron chi connectivity index (χ1n) is 3.24.